The van der Waals surface area contributed by atoms with Gasteiger partial charge in [0.25, 0.3) is 0 Å². The van der Waals surface area contributed by atoms with Crippen LogP contribution < -0.4 is 11.1 Å². The van der Waals surface area contributed by atoms with Crippen molar-refractivity contribution in [2.75, 3.05) is 11.9 Å². The van der Waals surface area contributed by atoms with Gasteiger partial charge in [0.05, 0.1) is 4.47 Å². The van der Waals surface area contributed by atoms with Gasteiger partial charge >= 0.3 is 0 Å². The molecule has 3 aliphatic rings. The van der Waals surface area contributed by atoms with Crippen molar-refractivity contribution in [3.8, 4) is 0 Å². The smallest absolute Gasteiger partial charge is 0.223 e. The summed E-state index contributed by atoms with van der Waals surface area (Å²) in [5.41, 5.74) is 6.53. The van der Waals surface area contributed by atoms with Crippen molar-refractivity contribution in [1.29, 1.82) is 0 Å². The van der Waals surface area contributed by atoms with Gasteiger partial charge in [0.1, 0.15) is 5.82 Å². The summed E-state index contributed by atoms with van der Waals surface area (Å²) in [5, 5.41) is 3.43. The zero-order chi connectivity index (χ0) is 15.1. The number of nitrogens with two attached hydrogens (primary N) is 1. The average Bonchev–Trinajstić information content (AvgIpc) is 2.50. The molecule has 3 aliphatic carbocycles. The maximum absolute atomic E-state index is 13.2. The second kappa shape index (κ2) is 5.27. The molecule has 0 saturated heterocycles. The van der Waals surface area contributed by atoms with Crippen molar-refractivity contribution >= 4 is 27.5 Å². The Morgan fingerprint density at radius 1 is 1.24 bits per heavy atom. The minimum atomic E-state index is -0.250. The Bertz CT molecular complexity index is 551. The molecule has 21 heavy (non-hydrogen) atoms. The second-order valence-electron chi connectivity index (χ2n) is 6.63. The quantitative estimate of drug-likeness (QED) is 0.863. The Morgan fingerprint density at radius 3 is 2.38 bits per heavy atom. The molecule has 3 saturated carbocycles. The third-order valence-electron chi connectivity index (χ3n) is 5.51. The van der Waals surface area contributed by atoms with Crippen LogP contribution >= 0.6 is 15.9 Å². The van der Waals surface area contributed by atoms with Crippen LogP contribution in [-0.2, 0) is 4.79 Å². The molecule has 0 aliphatic heterocycles. The van der Waals surface area contributed by atoms with E-state index >= 15 is 0 Å². The summed E-state index contributed by atoms with van der Waals surface area (Å²) in [6, 6.07) is 4.99. The number of anilines is 1. The zero-order valence-corrected chi connectivity index (χ0v) is 13.5. The van der Waals surface area contributed by atoms with Gasteiger partial charge in [0.15, 0.2) is 0 Å². The van der Waals surface area contributed by atoms with Crippen molar-refractivity contribution in [3.05, 3.63) is 28.5 Å². The second-order valence-corrected chi connectivity index (χ2v) is 7.48. The molecule has 0 unspecified atom stereocenters. The number of benzene rings is 1. The Balaban J connectivity index is 1.64. The summed E-state index contributed by atoms with van der Waals surface area (Å²) in [6.45, 7) is 0.875. The SMILES string of the molecule is NC(=O)C12CCC(CNc3ccc(F)c(Br)c3)(CC1)CC2. The molecule has 2 bridgehead atoms. The molecule has 114 valence electrons. The highest BCUT2D eigenvalue weighted by Crippen LogP contribution is 2.56. The van der Waals surface area contributed by atoms with E-state index in [0.29, 0.717) is 4.47 Å². The fourth-order valence-corrected chi connectivity index (χ4v) is 4.17. The van der Waals surface area contributed by atoms with Crippen molar-refractivity contribution in [2.24, 2.45) is 16.6 Å². The Labute approximate surface area is 132 Å². The Hall–Kier alpha value is -1.10. The number of fused-ring (bicyclic) bond motifs is 3. The van der Waals surface area contributed by atoms with E-state index < -0.39 is 0 Å². The van der Waals surface area contributed by atoms with Gasteiger partial charge in [-0.2, -0.15) is 0 Å². The number of halogens is 2. The highest BCUT2D eigenvalue weighted by molar-refractivity contribution is 9.10. The van der Waals surface area contributed by atoms with E-state index in [2.05, 4.69) is 21.2 Å². The molecule has 3 N–H and O–H groups in total. The maximum atomic E-state index is 13.2. The molecule has 5 heteroatoms. The molecule has 4 rings (SSSR count). The number of primary amides is 1. The molecule has 3 fully saturated rings. The van der Waals surface area contributed by atoms with Crippen LogP contribution in [0.25, 0.3) is 0 Å². The molecule has 1 aromatic carbocycles. The fourth-order valence-electron chi connectivity index (χ4n) is 3.79. The van der Waals surface area contributed by atoms with Gasteiger partial charge in [0.2, 0.25) is 5.91 Å². The standard InChI is InChI=1S/C16H20BrFN2O/c17-12-9-11(1-2-13(12)18)20-10-15-3-6-16(7-4-15,8-5-15)14(19)21/h1-2,9,20H,3-8,10H2,(H2,19,21). The summed E-state index contributed by atoms with van der Waals surface area (Å²) in [6.07, 6.45) is 5.88. The fraction of sp³-hybridized carbons (Fsp3) is 0.562. The first-order valence-electron chi connectivity index (χ1n) is 7.44. The molecule has 1 aromatic rings. The molecular formula is C16H20BrFN2O. The number of hydrogen-bond acceptors (Lipinski definition) is 2. The van der Waals surface area contributed by atoms with Gasteiger partial charge in [0, 0.05) is 17.6 Å². The van der Waals surface area contributed by atoms with E-state index in [4.69, 9.17) is 5.73 Å². The molecule has 1 amide bonds. The number of nitrogens with one attached hydrogen (secondary N) is 1. The van der Waals surface area contributed by atoms with Gasteiger partial charge < -0.3 is 11.1 Å². The first-order valence-corrected chi connectivity index (χ1v) is 8.23. The monoisotopic (exact) mass is 354 g/mol. The van der Waals surface area contributed by atoms with Crippen LogP contribution in [0.3, 0.4) is 0 Å². The minimum absolute atomic E-state index is 0.119. The van der Waals surface area contributed by atoms with E-state index in [1.807, 2.05) is 0 Å². The Morgan fingerprint density at radius 2 is 1.86 bits per heavy atom. The van der Waals surface area contributed by atoms with Gasteiger partial charge in [-0.15, -0.1) is 0 Å². The van der Waals surface area contributed by atoms with Crippen molar-refractivity contribution in [3.63, 3.8) is 0 Å². The highest BCUT2D eigenvalue weighted by Gasteiger charge is 2.51. The van der Waals surface area contributed by atoms with E-state index in [-0.39, 0.29) is 22.6 Å². The maximum Gasteiger partial charge on any atom is 0.223 e. The molecule has 3 nitrogen and oxygen atoms in total. The molecule has 0 atom stereocenters. The van der Waals surface area contributed by atoms with Crippen LogP contribution in [0.2, 0.25) is 0 Å². The van der Waals surface area contributed by atoms with Crippen molar-refractivity contribution < 1.29 is 9.18 Å². The van der Waals surface area contributed by atoms with Gasteiger partial charge in [-0.25, -0.2) is 4.39 Å². The lowest BCUT2D eigenvalue weighted by Gasteiger charge is -2.52. The molecule has 0 spiro atoms. The van der Waals surface area contributed by atoms with Gasteiger partial charge in [-0.3, -0.25) is 4.79 Å². The van der Waals surface area contributed by atoms with Crippen LogP contribution in [0.1, 0.15) is 38.5 Å². The van der Waals surface area contributed by atoms with E-state index in [0.717, 1.165) is 50.8 Å². The average molecular weight is 355 g/mol. The van der Waals surface area contributed by atoms with Gasteiger partial charge in [-0.1, -0.05) is 0 Å². The summed E-state index contributed by atoms with van der Waals surface area (Å²) in [7, 11) is 0. The number of hydrogen-bond donors (Lipinski definition) is 2. The van der Waals surface area contributed by atoms with Crippen LogP contribution in [0.4, 0.5) is 10.1 Å². The van der Waals surface area contributed by atoms with Crippen LogP contribution in [-0.4, -0.2) is 12.5 Å². The van der Waals surface area contributed by atoms with Crippen LogP contribution in [0.5, 0.6) is 0 Å². The number of rotatable bonds is 4. The summed E-state index contributed by atoms with van der Waals surface area (Å²) >= 11 is 3.21. The summed E-state index contributed by atoms with van der Waals surface area (Å²) in [4.78, 5) is 11.7. The Kier molecular flexibility index (Phi) is 3.72. The normalized spacial score (nSPS) is 31.1. The predicted molar refractivity (Wildman–Crippen MR) is 84.4 cm³/mol. The summed E-state index contributed by atoms with van der Waals surface area (Å²) in [5.74, 6) is -0.369. The zero-order valence-electron chi connectivity index (χ0n) is 11.9. The van der Waals surface area contributed by atoms with Crippen molar-refractivity contribution in [1.82, 2.24) is 0 Å². The predicted octanol–water partition coefficient (Wildman–Crippen LogP) is 3.83. The lowest BCUT2D eigenvalue weighted by Crippen LogP contribution is -2.50. The number of carbonyl (C=O) groups is 1. The third-order valence-corrected chi connectivity index (χ3v) is 6.12. The first kappa shape index (κ1) is 14.8. The lowest BCUT2D eigenvalue weighted by atomic mass is 9.53. The number of amides is 1. The topological polar surface area (TPSA) is 55.1 Å². The molecule has 0 heterocycles. The molecular weight excluding hydrogens is 335 g/mol. The van der Waals surface area contributed by atoms with Crippen LogP contribution in [0.15, 0.2) is 22.7 Å². The van der Waals surface area contributed by atoms with Crippen LogP contribution in [0, 0.1) is 16.6 Å². The number of carbonyl (C=O) groups excluding carboxylic acids is 1. The lowest BCUT2D eigenvalue weighted by molar-refractivity contribution is -0.136. The van der Waals surface area contributed by atoms with Crippen molar-refractivity contribution in [2.45, 2.75) is 38.5 Å². The first-order chi connectivity index (χ1) is 9.95. The largest absolute Gasteiger partial charge is 0.384 e. The minimum Gasteiger partial charge on any atom is -0.384 e. The van der Waals surface area contributed by atoms with E-state index in [1.165, 1.54) is 6.07 Å². The highest BCUT2D eigenvalue weighted by atomic mass is 79.9. The van der Waals surface area contributed by atoms with E-state index in [1.54, 1.807) is 12.1 Å². The molecule has 0 aromatic heterocycles. The van der Waals surface area contributed by atoms with E-state index in [9.17, 15) is 9.18 Å². The third kappa shape index (κ3) is 2.68. The molecule has 0 radical (unpaired) electrons. The van der Waals surface area contributed by atoms with Gasteiger partial charge in [-0.05, 0) is 78.1 Å². The summed E-state index contributed by atoms with van der Waals surface area (Å²) < 4.78 is 13.7.